The van der Waals surface area contributed by atoms with Crippen LogP contribution in [0.1, 0.15) is 16.7 Å². The number of aryl methyl sites for hydroxylation is 3. The van der Waals surface area contributed by atoms with E-state index in [-0.39, 0.29) is 5.75 Å². The lowest BCUT2D eigenvalue weighted by molar-refractivity contribution is -2.00. The fraction of sp³-hybridized carbons (Fsp3) is 0.167. The van der Waals surface area contributed by atoms with Crippen molar-refractivity contribution in [3.8, 4) is 17.1 Å². The highest BCUT2D eigenvalue weighted by Gasteiger charge is 2.20. The van der Waals surface area contributed by atoms with Crippen LogP contribution in [-0.4, -0.2) is 5.11 Å². The number of halogens is 1. The quantitative estimate of drug-likeness (QED) is 0.617. The molecule has 6 nitrogen and oxygen atoms in total. The van der Waals surface area contributed by atoms with Crippen molar-refractivity contribution >= 4 is 11.0 Å². The third-order valence-corrected chi connectivity index (χ3v) is 3.55. The molecule has 1 heterocycles. The summed E-state index contributed by atoms with van der Waals surface area (Å²) < 4.78 is 39.9. The van der Waals surface area contributed by atoms with E-state index in [1.165, 1.54) is 0 Å². The van der Waals surface area contributed by atoms with Crippen LogP contribution in [0.2, 0.25) is 0 Å². The lowest BCUT2D eigenvalue weighted by Crippen LogP contribution is -2.68. The van der Waals surface area contributed by atoms with Gasteiger partial charge in [-0.2, -0.15) is 0 Å². The summed E-state index contributed by atoms with van der Waals surface area (Å²) in [6.45, 7) is 6.05. The minimum Gasteiger partial charge on any atom is -0.507 e. The van der Waals surface area contributed by atoms with Gasteiger partial charge in [-0.3, -0.25) is 0 Å². The molecule has 25 heavy (non-hydrogen) atoms. The van der Waals surface area contributed by atoms with E-state index in [9.17, 15) is 5.11 Å². The van der Waals surface area contributed by atoms with Crippen LogP contribution in [0.4, 0.5) is 0 Å². The maximum atomic E-state index is 10.1. The van der Waals surface area contributed by atoms with Gasteiger partial charge in [0.25, 0.3) is 0 Å². The molecule has 3 aromatic rings. The topological polar surface area (TPSA) is 124 Å². The molecule has 0 amide bonds. The Morgan fingerprint density at radius 3 is 2.00 bits per heavy atom. The first-order valence-electron chi connectivity index (χ1n) is 7.30. The Labute approximate surface area is 147 Å². The number of rotatable bonds is 1. The summed E-state index contributed by atoms with van der Waals surface area (Å²) in [6.07, 6.45) is 0. The molecule has 1 aromatic heterocycles. The Balaban J connectivity index is 0.000000399. The standard InChI is InChI=1S/C18H16O2.ClHO4/c1-11-5-7-15(16(19)8-11)18-10-13(3)14-6-4-12(2)9-17(14)20-18;2-1(3,4)5/h4-10H,1-3H3;(H,2,3,4,5). The molecule has 3 rings (SSSR count). The average molecular weight is 365 g/mol. The van der Waals surface area contributed by atoms with Crippen molar-refractivity contribution in [1.82, 2.24) is 0 Å². The van der Waals surface area contributed by atoms with Gasteiger partial charge in [-0.15, -0.1) is 10.2 Å². The van der Waals surface area contributed by atoms with Crippen LogP contribution in [0.3, 0.4) is 0 Å². The molecule has 0 saturated carbocycles. The minimum atomic E-state index is -4.94. The molecule has 0 saturated heterocycles. The molecule has 0 radical (unpaired) electrons. The molecule has 2 aromatic carbocycles. The van der Waals surface area contributed by atoms with Crippen LogP contribution in [0, 0.1) is 31.0 Å². The number of hydrogen-bond donors (Lipinski definition) is 1. The summed E-state index contributed by atoms with van der Waals surface area (Å²) in [5.74, 6) is 0.943. The van der Waals surface area contributed by atoms with Crippen LogP contribution < -0.4 is 18.6 Å². The van der Waals surface area contributed by atoms with Gasteiger partial charge in [-0.25, -0.2) is 23.1 Å². The zero-order valence-corrected chi connectivity index (χ0v) is 14.7. The van der Waals surface area contributed by atoms with E-state index in [0.29, 0.717) is 5.76 Å². The van der Waals surface area contributed by atoms with Crippen LogP contribution in [0.25, 0.3) is 22.3 Å². The van der Waals surface area contributed by atoms with Gasteiger partial charge in [0.05, 0.1) is 5.39 Å². The van der Waals surface area contributed by atoms with E-state index in [2.05, 4.69) is 19.1 Å². The third-order valence-electron chi connectivity index (χ3n) is 3.55. The van der Waals surface area contributed by atoms with E-state index < -0.39 is 10.2 Å². The largest absolute Gasteiger partial charge is 0.507 e. The zero-order chi connectivity index (χ0) is 18.8. The average Bonchev–Trinajstić information content (AvgIpc) is 2.44. The Hall–Kier alpha value is -2.22. The molecule has 7 heteroatoms. The maximum absolute atomic E-state index is 10.1. The van der Waals surface area contributed by atoms with Gasteiger partial charge >= 0.3 is 11.3 Å². The summed E-state index contributed by atoms with van der Waals surface area (Å²) in [4.78, 5) is 0. The van der Waals surface area contributed by atoms with Crippen LogP contribution in [-0.2, 0) is 0 Å². The Morgan fingerprint density at radius 1 is 0.840 bits per heavy atom. The Bertz CT molecular complexity index is 896. The Morgan fingerprint density at radius 2 is 1.40 bits per heavy atom. The van der Waals surface area contributed by atoms with Gasteiger partial charge in [-0.1, -0.05) is 12.1 Å². The molecule has 0 fully saturated rings. The summed E-state index contributed by atoms with van der Waals surface area (Å²) in [6, 6.07) is 13.8. The molecule has 0 unspecified atom stereocenters. The lowest BCUT2D eigenvalue weighted by Gasteiger charge is -2.17. The summed E-state index contributed by atoms with van der Waals surface area (Å²) in [5, 5.41) is 11.2. The van der Waals surface area contributed by atoms with Gasteiger partial charge in [0, 0.05) is 12.1 Å². The van der Waals surface area contributed by atoms with Crippen LogP contribution in [0.15, 0.2) is 46.9 Å². The first-order valence-corrected chi connectivity index (χ1v) is 8.54. The molecule has 0 atom stereocenters. The number of benzene rings is 2. The van der Waals surface area contributed by atoms with Crippen LogP contribution >= 0.6 is 0 Å². The van der Waals surface area contributed by atoms with Crippen LogP contribution in [0.5, 0.6) is 5.75 Å². The number of hydrogen-bond acceptors (Lipinski definition) is 5. The van der Waals surface area contributed by atoms with Gasteiger partial charge in [0.15, 0.2) is 0 Å². The minimum absolute atomic E-state index is 0.250. The molecule has 0 bridgehead atoms. The maximum Gasteiger partial charge on any atom is 0.364 e. The van der Waals surface area contributed by atoms with Gasteiger partial charge in [0.2, 0.25) is 0 Å². The van der Waals surface area contributed by atoms with E-state index in [1.807, 2.05) is 38.1 Å². The lowest BCUT2D eigenvalue weighted by atomic mass is 10.0. The van der Waals surface area contributed by atoms with Crippen molar-refractivity contribution in [2.75, 3.05) is 0 Å². The van der Waals surface area contributed by atoms with Gasteiger partial charge in [-0.05, 0) is 55.7 Å². The molecule has 0 aliphatic heterocycles. The molecule has 132 valence electrons. The predicted octanol–water partition coefficient (Wildman–Crippen LogP) is 0.256. The van der Waals surface area contributed by atoms with Crippen molar-refractivity contribution in [1.29, 1.82) is 0 Å². The number of phenols is 1. The van der Waals surface area contributed by atoms with Crippen molar-refractivity contribution in [2.24, 2.45) is 0 Å². The fourth-order valence-corrected chi connectivity index (χ4v) is 2.44. The van der Waals surface area contributed by atoms with Crippen molar-refractivity contribution < 1.29 is 38.4 Å². The predicted molar refractivity (Wildman–Crippen MR) is 81.9 cm³/mol. The molecule has 0 aliphatic carbocycles. The summed E-state index contributed by atoms with van der Waals surface area (Å²) >= 11 is 0. The molecular formula is C18H17ClO6. The summed E-state index contributed by atoms with van der Waals surface area (Å²) in [7, 11) is -4.94. The second-order valence-electron chi connectivity index (χ2n) is 5.69. The smallest absolute Gasteiger partial charge is 0.364 e. The number of aromatic hydroxyl groups is 1. The summed E-state index contributed by atoms with van der Waals surface area (Å²) in [5.41, 5.74) is 4.90. The van der Waals surface area contributed by atoms with E-state index in [1.54, 1.807) is 6.07 Å². The number of phenolic OH excluding ortho intramolecular Hbond substituents is 1. The first-order chi connectivity index (χ1) is 11.5. The second-order valence-corrected chi connectivity index (χ2v) is 6.45. The highest BCUT2D eigenvalue weighted by Crippen LogP contribution is 2.33. The van der Waals surface area contributed by atoms with Crippen molar-refractivity contribution in [3.63, 3.8) is 0 Å². The first kappa shape index (κ1) is 19.1. The monoisotopic (exact) mass is 364 g/mol. The molecule has 0 aliphatic rings. The number of fused-ring (bicyclic) bond motifs is 1. The van der Waals surface area contributed by atoms with E-state index in [4.69, 9.17) is 23.1 Å². The fourth-order valence-electron chi connectivity index (χ4n) is 2.44. The van der Waals surface area contributed by atoms with E-state index in [0.717, 1.165) is 33.2 Å². The SMILES string of the molecule is Cc1ccc(-c2cc(C)c3ccc(C)cc3[o+]2)c(O)c1.[O-][Cl+3]([O-])([O-])[O-]. The molecule has 0 spiro atoms. The Kier molecular flexibility index (Phi) is 5.62. The van der Waals surface area contributed by atoms with Gasteiger partial charge in [0.1, 0.15) is 11.3 Å². The van der Waals surface area contributed by atoms with E-state index >= 15 is 0 Å². The van der Waals surface area contributed by atoms with Crippen molar-refractivity contribution in [2.45, 2.75) is 20.8 Å². The van der Waals surface area contributed by atoms with Crippen molar-refractivity contribution in [3.05, 3.63) is 59.2 Å². The second kappa shape index (κ2) is 7.35. The molecular weight excluding hydrogens is 348 g/mol. The molecule has 1 N–H and O–H groups in total. The highest BCUT2D eigenvalue weighted by molar-refractivity contribution is 5.83. The van der Waals surface area contributed by atoms with Gasteiger partial charge < -0.3 is 5.11 Å². The highest BCUT2D eigenvalue weighted by atomic mass is 35.7. The normalized spacial score (nSPS) is 11.2. The zero-order valence-electron chi connectivity index (χ0n) is 13.9. The third kappa shape index (κ3) is 5.38.